The monoisotopic (exact) mass is 412 g/mol. The molecule has 0 aromatic carbocycles. The molecule has 0 amide bonds. The third-order valence-corrected chi connectivity index (χ3v) is 3.94. The van der Waals surface area contributed by atoms with Crippen LogP contribution in [0.1, 0.15) is 12.8 Å². The Balaban J connectivity index is 4.86. The van der Waals surface area contributed by atoms with Crippen LogP contribution >= 0.6 is 0 Å². The molecule has 0 aliphatic rings. The van der Waals surface area contributed by atoms with Crippen molar-refractivity contribution in [2.24, 2.45) is 0 Å². The summed E-state index contributed by atoms with van der Waals surface area (Å²) >= 11 is 0. The Hall–Kier alpha value is -0.720. The standard InChI is InChI=1S/C12H17F9O3S/c13-3-1-2-5(14)7(16)9(18)11(20)12(21)10(19)8(17)6(15)4-25(22,23)24/h5-12H,1-4H2,(H,22,23,24). The summed E-state index contributed by atoms with van der Waals surface area (Å²) in [6, 6.07) is 0. The molecule has 0 saturated heterocycles. The molecule has 0 rings (SSSR count). The van der Waals surface area contributed by atoms with Crippen molar-refractivity contribution in [1.29, 1.82) is 0 Å². The Bertz CT molecular complexity index is 480. The first-order valence-electron chi connectivity index (χ1n) is 6.97. The van der Waals surface area contributed by atoms with E-state index in [2.05, 4.69) is 0 Å². The highest BCUT2D eigenvalue weighted by Gasteiger charge is 2.47. The minimum absolute atomic E-state index is 0.540. The summed E-state index contributed by atoms with van der Waals surface area (Å²) in [4.78, 5) is 0. The summed E-state index contributed by atoms with van der Waals surface area (Å²) in [6.45, 7) is -1.09. The molecule has 1 N–H and O–H groups in total. The van der Waals surface area contributed by atoms with Crippen LogP contribution in [0.15, 0.2) is 0 Å². The summed E-state index contributed by atoms with van der Waals surface area (Å²) in [7, 11) is -5.11. The average Bonchev–Trinajstić information content (AvgIpc) is 2.53. The lowest BCUT2D eigenvalue weighted by Crippen LogP contribution is -2.47. The minimum atomic E-state index is -5.11. The van der Waals surface area contributed by atoms with Crippen LogP contribution < -0.4 is 0 Å². The molecule has 152 valence electrons. The summed E-state index contributed by atoms with van der Waals surface area (Å²) in [5.74, 6) is -1.97. The molecular weight excluding hydrogens is 395 g/mol. The van der Waals surface area contributed by atoms with Gasteiger partial charge in [-0.15, -0.1) is 0 Å². The third kappa shape index (κ3) is 8.01. The van der Waals surface area contributed by atoms with Gasteiger partial charge in [0.15, 0.2) is 43.2 Å². The van der Waals surface area contributed by atoms with Crippen molar-refractivity contribution in [3.8, 4) is 0 Å². The van der Waals surface area contributed by atoms with Gasteiger partial charge in [-0.25, -0.2) is 35.1 Å². The van der Waals surface area contributed by atoms with Crippen LogP contribution in [0.2, 0.25) is 0 Å². The molecule has 0 aromatic rings. The average molecular weight is 412 g/mol. The Kier molecular flexibility index (Phi) is 10.1. The normalized spacial score (nSPS) is 22.5. The SMILES string of the molecule is O=S(=O)(O)CC(F)C(F)C(F)C(F)C(F)C(F)C(F)C(F)CCCF. The number of rotatable bonds is 12. The quantitative estimate of drug-likeness (QED) is 0.395. The number of hydrogen-bond donors (Lipinski definition) is 1. The molecule has 0 aromatic heterocycles. The molecule has 25 heavy (non-hydrogen) atoms. The molecule has 0 radical (unpaired) electrons. The van der Waals surface area contributed by atoms with E-state index in [-0.39, 0.29) is 0 Å². The van der Waals surface area contributed by atoms with E-state index in [0.717, 1.165) is 0 Å². The molecule has 0 saturated carbocycles. The summed E-state index contributed by atoms with van der Waals surface area (Å²) in [5, 5.41) is 0. The van der Waals surface area contributed by atoms with Crippen molar-refractivity contribution in [3.05, 3.63) is 0 Å². The van der Waals surface area contributed by atoms with Crippen LogP contribution in [0.25, 0.3) is 0 Å². The lowest BCUT2D eigenvalue weighted by atomic mass is 9.97. The van der Waals surface area contributed by atoms with Crippen molar-refractivity contribution in [3.63, 3.8) is 0 Å². The Morgan fingerprint density at radius 2 is 1.04 bits per heavy atom. The van der Waals surface area contributed by atoms with Crippen LogP contribution in [0.4, 0.5) is 39.5 Å². The fraction of sp³-hybridized carbons (Fsp3) is 1.00. The summed E-state index contributed by atoms with van der Waals surface area (Å²) in [5.41, 5.74) is 0. The van der Waals surface area contributed by atoms with Gasteiger partial charge >= 0.3 is 0 Å². The predicted octanol–water partition coefficient (Wildman–Crippen LogP) is 3.33. The molecule has 0 aliphatic carbocycles. The Labute approximate surface area is 138 Å². The Morgan fingerprint density at radius 3 is 1.40 bits per heavy atom. The molecule has 0 bridgehead atoms. The van der Waals surface area contributed by atoms with Gasteiger partial charge in [-0.05, 0) is 12.8 Å². The van der Waals surface area contributed by atoms with Crippen LogP contribution in [-0.4, -0.2) is 74.8 Å². The van der Waals surface area contributed by atoms with E-state index in [1.54, 1.807) is 0 Å². The third-order valence-electron chi connectivity index (χ3n) is 3.20. The Morgan fingerprint density at radius 1 is 0.680 bits per heavy atom. The lowest BCUT2D eigenvalue weighted by molar-refractivity contribution is -0.0450. The molecule has 8 unspecified atom stereocenters. The molecular formula is C12H17F9O3S. The highest BCUT2D eigenvalue weighted by molar-refractivity contribution is 7.85. The van der Waals surface area contributed by atoms with Crippen LogP contribution in [0.5, 0.6) is 0 Å². The fourth-order valence-electron chi connectivity index (χ4n) is 1.83. The maximum Gasteiger partial charge on any atom is 0.267 e. The summed E-state index contributed by atoms with van der Waals surface area (Å²) < 4.78 is 147. The van der Waals surface area contributed by atoms with Gasteiger partial charge in [-0.3, -0.25) is 8.94 Å². The minimum Gasteiger partial charge on any atom is -0.285 e. The van der Waals surface area contributed by atoms with E-state index in [1.807, 2.05) is 0 Å². The van der Waals surface area contributed by atoms with E-state index in [1.165, 1.54) is 0 Å². The van der Waals surface area contributed by atoms with Gasteiger partial charge in [-0.1, -0.05) is 0 Å². The second-order valence-corrected chi connectivity index (χ2v) is 6.78. The molecule has 0 spiro atoms. The van der Waals surface area contributed by atoms with Crippen molar-refractivity contribution < 1.29 is 52.5 Å². The van der Waals surface area contributed by atoms with Gasteiger partial charge in [-0.2, -0.15) is 8.42 Å². The highest BCUT2D eigenvalue weighted by atomic mass is 32.2. The fourth-order valence-corrected chi connectivity index (χ4v) is 2.41. The topological polar surface area (TPSA) is 54.4 Å². The van der Waals surface area contributed by atoms with E-state index in [4.69, 9.17) is 4.55 Å². The zero-order valence-corrected chi connectivity index (χ0v) is 13.3. The van der Waals surface area contributed by atoms with Crippen molar-refractivity contribution in [2.75, 3.05) is 12.4 Å². The first kappa shape index (κ1) is 24.3. The maximum absolute atomic E-state index is 13.4. The van der Waals surface area contributed by atoms with Crippen molar-refractivity contribution in [2.45, 2.75) is 62.2 Å². The van der Waals surface area contributed by atoms with Gasteiger partial charge in [0.1, 0.15) is 11.9 Å². The van der Waals surface area contributed by atoms with Gasteiger partial charge in [0.05, 0.1) is 6.67 Å². The predicted molar refractivity (Wildman–Crippen MR) is 70.8 cm³/mol. The molecule has 3 nitrogen and oxygen atoms in total. The van der Waals surface area contributed by atoms with E-state index >= 15 is 0 Å². The second-order valence-electron chi connectivity index (χ2n) is 5.28. The smallest absolute Gasteiger partial charge is 0.267 e. The molecule has 0 heterocycles. The zero-order valence-electron chi connectivity index (χ0n) is 12.5. The van der Waals surface area contributed by atoms with Gasteiger partial charge in [0.25, 0.3) is 10.1 Å². The van der Waals surface area contributed by atoms with Crippen LogP contribution in [0, 0.1) is 0 Å². The van der Waals surface area contributed by atoms with E-state index in [0.29, 0.717) is 0 Å². The van der Waals surface area contributed by atoms with Crippen LogP contribution in [0.3, 0.4) is 0 Å². The molecule has 0 aliphatic heterocycles. The molecule has 13 heteroatoms. The highest BCUT2D eigenvalue weighted by Crippen LogP contribution is 2.28. The summed E-state index contributed by atoms with van der Waals surface area (Å²) in [6.07, 6.45) is -29.2. The largest absolute Gasteiger partial charge is 0.285 e. The van der Waals surface area contributed by atoms with Crippen molar-refractivity contribution >= 4 is 10.1 Å². The molecule has 0 fully saturated rings. The molecule has 8 atom stereocenters. The van der Waals surface area contributed by atoms with Crippen molar-refractivity contribution in [1.82, 2.24) is 0 Å². The first-order valence-corrected chi connectivity index (χ1v) is 8.58. The zero-order chi connectivity index (χ0) is 19.9. The lowest BCUT2D eigenvalue weighted by Gasteiger charge is -2.26. The van der Waals surface area contributed by atoms with Gasteiger partial charge in [0.2, 0.25) is 0 Å². The number of halogens is 9. The second kappa shape index (κ2) is 10.4. The van der Waals surface area contributed by atoms with Gasteiger partial charge < -0.3 is 0 Å². The maximum atomic E-state index is 13.4. The van der Waals surface area contributed by atoms with Crippen LogP contribution in [-0.2, 0) is 10.1 Å². The van der Waals surface area contributed by atoms with E-state index < -0.39 is 84.8 Å². The van der Waals surface area contributed by atoms with E-state index in [9.17, 15) is 47.9 Å². The number of hydrogen-bond acceptors (Lipinski definition) is 2. The van der Waals surface area contributed by atoms with Gasteiger partial charge in [0, 0.05) is 0 Å². The first-order chi connectivity index (χ1) is 11.3. The number of alkyl halides is 9.